The van der Waals surface area contributed by atoms with Crippen LogP contribution >= 0.6 is 0 Å². The van der Waals surface area contributed by atoms with E-state index in [-0.39, 0.29) is 17.9 Å². The van der Waals surface area contributed by atoms with E-state index in [1.54, 1.807) is 0 Å². The van der Waals surface area contributed by atoms with Gasteiger partial charge in [0.15, 0.2) is 0 Å². The Hall–Kier alpha value is -1.26. The molecule has 2 atom stereocenters. The third-order valence-corrected chi connectivity index (χ3v) is 3.55. The number of carboxylic acid groups (broad SMARTS) is 1. The van der Waals surface area contributed by atoms with Crippen molar-refractivity contribution in [2.24, 2.45) is 16.4 Å². The minimum Gasteiger partial charge on any atom is -0.480 e. The number of rotatable bonds is 5. The Labute approximate surface area is 101 Å². The van der Waals surface area contributed by atoms with Crippen LogP contribution in [0, 0.1) is 11.3 Å². The lowest BCUT2D eigenvalue weighted by atomic mass is 9.86. The number of hydrogen-bond acceptors (Lipinski definition) is 3. The van der Waals surface area contributed by atoms with Gasteiger partial charge in [-0.3, -0.25) is 4.79 Å². The molecule has 1 rings (SSSR count). The lowest BCUT2D eigenvalue weighted by molar-refractivity contribution is -0.146. The van der Waals surface area contributed by atoms with Gasteiger partial charge in [0.25, 0.3) is 0 Å². The van der Waals surface area contributed by atoms with E-state index in [1.165, 1.54) is 0 Å². The van der Waals surface area contributed by atoms with Crippen molar-refractivity contribution in [3.8, 4) is 0 Å². The monoisotopic (exact) mass is 240 g/mol. The van der Waals surface area contributed by atoms with Gasteiger partial charge in [0, 0.05) is 18.0 Å². The van der Waals surface area contributed by atoms with Crippen molar-refractivity contribution in [2.45, 2.75) is 39.2 Å². The van der Waals surface area contributed by atoms with Crippen LogP contribution in [0.5, 0.6) is 0 Å². The Balaban J connectivity index is 2.77. The largest absolute Gasteiger partial charge is 0.480 e. The molecule has 2 N–H and O–H groups in total. The number of nitrogens with one attached hydrogen (secondary N) is 1. The van der Waals surface area contributed by atoms with Crippen molar-refractivity contribution < 1.29 is 9.90 Å². The summed E-state index contributed by atoms with van der Waals surface area (Å²) in [7, 11) is 0. The predicted molar refractivity (Wildman–Crippen MR) is 64.6 cm³/mol. The van der Waals surface area contributed by atoms with Crippen molar-refractivity contribution in [1.29, 1.82) is 0 Å². The minimum atomic E-state index is -0.880. The smallest absolute Gasteiger partial charge is 0.324 e. The minimum absolute atomic E-state index is 0.0311. The molecule has 0 aromatic rings. The van der Waals surface area contributed by atoms with Crippen LogP contribution in [0.15, 0.2) is 5.11 Å². The maximum Gasteiger partial charge on any atom is 0.324 e. The number of nitrogens with zero attached hydrogens (tertiary/aromatic N) is 3. The van der Waals surface area contributed by atoms with Crippen LogP contribution < -0.4 is 5.32 Å². The Morgan fingerprint density at radius 3 is 2.71 bits per heavy atom. The highest BCUT2D eigenvalue weighted by Crippen LogP contribution is 2.47. The summed E-state index contributed by atoms with van der Waals surface area (Å²) in [5.74, 6) is -0.738. The molecule has 0 heterocycles. The molecule has 0 aromatic heterocycles. The fraction of sp³-hybridized carbons (Fsp3) is 0.909. The van der Waals surface area contributed by atoms with Gasteiger partial charge >= 0.3 is 5.97 Å². The van der Waals surface area contributed by atoms with Crippen LogP contribution in [0.3, 0.4) is 0 Å². The molecule has 0 aromatic carbocycles. The number of aliphatic carboxylic acids is 1. The Kier molecular flexibility index (Phi) is 4.01. The third-order valence-electron chi connectivity index (χ3n) is 3.55. The van der Waals surface area contributed by atoms with Gasteiger partial charge in [-0.25, -0.2) is 0 Å². The summed E-state index contributed by atoms with van der Waals surface area (Å²) in [4.78, 5) is 14.2. The van der Waals surface area contributed by atoms with Gasteiger partial charge in [-0.2, -0.15) is 0 Å². The SMILES string of the molecule is CC1CC(C)(C)CC1(NCCN=[N+]=[N-])C(=O)O. The van der Waals surface area contributed by atoms with E-state index < -0.39 is 11.5 Å². The van der Waals surface area contributed by atoms with Crippen LogP contribution in [-0.2, 0) is 4.79 Å². The lowest BCUT2D eigenvalue weighted by Crippen LogP contribution is -2.55. The highest BCUT2D eigenvalue weighted by atomic mass is 16.4. The van der Waals surface area contributed by atoms with E-state index in [2.05, 4.69) is 29.2 Å². The van der Waals surface area contributed by atoms with Gasteiger partial charge in [-0.1, -0.05) is 25.9 Å². The maximum atomic E-state index is 11.5. The van der Waals surface area contributed by atoms with Crippen molar-refractivity contribution in [3.05, 3.63) is 10.4 Å². The molecule has 2 unspecified atom stereocenters. The summed E-state index contributed by atoms with van der Waals surface area (Å²) in [5, 5.41) is 15.9. The van der Waals surface area contributed by atoms with Crippen molar-refractivity contribution in [3.63, 3.8) is 0 Å². The van der Waals surface area contributed by atoms with E-state index in [0.717, 1.165) is 6.42 Å². The van der Waals surface area contributed by atoms with Crippen molar-refractivity contribution in [2.75, 3.05) is 13.1 Å². The van der Waals surface area contributed by atoms with E-state index in [4.69, 9.17) is 5.53 Å². The summed E-state index contributed by atoms with van der Waals surface area (Å²) in [6.45, 7) is 6.81. The zero-order valence-corrected chi connectivity index (χ0v) is 10.6. The topological polar surface area (TPSA) is 98.1 Å². The quantitative estimate of drug-likeness (QED) is 0.333. The van der Waals surface area contributed by atoms with Crippen LogP contribution in [0.25, 0.3) is 10.4 Å². The fourth-order valence-electron chi connectivity index (χ4n) is 2.98. The number of carboxylic acids is 1. The molecule has 1 aliphatic rings. The number of carbonyl (C=O) groups is 1. The molecule has 96 valence electrons. The molecule has 1 fully saturated rings. The first-order valence-electron chi connectivity index (χ1n) is 5.83. The molecular formula is C11H20N4O2. The molecule has 0 spiro atoms. The second-order valence-electron chi connectivity index (χ2n) is 5.60. The highest BCUT2D eigenvalue weighted by molar-refractivity contribution is 5.80. The van der Waals surface area contributed by atoms with Gasteiger partial charge in [-0.05, 0) is 29.7 Å². The summed E-state index contributed by atoms with van der Waals surface area (Å²) >= 11 is 0. The summed E-state index contributed by atoms with van der Waals surface area (Å²) in [6, 6.07) is 0. The summed E-state index contributed by atoms with van der Waals surface area (Å²) in [5.41, 5.74) is 7.33. The normalized spacial score (nSPS) is 30.9. The number of azide groups is 1. The van der Waals surface area contributed by atoms with Gasteiger partial charge in [0.2, 0.25) is 0 Å². The maximum absolute atomic E-state index is 11.5. The van der Waals surface area contributed by atoms with Gasteiger partial charge in [-0.15, -0.1) is 0 Å². The zero-order valence-electron chi connectivity index (χ0n) is 10.6. The average molecular weight is 240 g/mol. The average Bonchev–Trinajstić information content (AvgIpc) is 2.44. The molecule has 6 heteroatoms. The lowest BCUT2D eigenvalue weighted by Gasteiger charge is -2.31. The number of hydrogen-bond donors (Lipinski definition) is 2. The molecule has 0 bridgehead atoms. The molecule has 0 radical (unpaired) electrons. The Morgan fingerprint density at radius 2 is 2.29 bits per heavy atom. The first kappa shape index (κ1) is 13.8. The molecule has 0 aliphatic heterocycles. The third kappa shape index (κ3) is 2.90. The highest BCUT2D eigenvalue weighted by Gasteiger charge is 2.53. The molecule has 6 nitrogen and oxygen atoms in total. The van der Waals surface area contributed by atoms with Gasteiger partial charge < -0.3 is 10.4 Å². The fourth-order valence-corrected chi connectivity index (χ4v) is 2.98. The molecule has 17 heavy (non-hydrogen) atoms. The first-order chi connectivity index (χ1) is 7.84. The predicted octanol–water partition coefficient (Wildman–Crippen LogP) is 2.17. The summed E-state index contributed by atoms with van der Waals surface area (Å²) in [6.07, 6.45) is 1.49. The van der Waals surface area contributed by atoms with E-state index in [9.17, 15) is 9.90 Å². The van der Waals surface area contributed by atoms with Crippen molar-refractivity contribution in [1.82, 2.24) is 5.32 Å². The van der Waals surface area contributed by atoms with Crippen LogP contribution in [0.2, 0.25) is 0 Å². The Morgan fingerprint density at radius 1 is 1.65 bits per heavy atom. The van der Waals surface area contributed by atoms with E-state index in [1.807, 2.05) is 6.92 Å². The van der Waals surface area contributed by atoms with Crippen LogP contribution in [0.1, 0.15) is 33.6 Å². The zero-order chi connectivity index (χ0) is 13.1. The molecule has 0 amide bonds. The first-order valence-corrected chi connectivity index (χ1v) is 5.83. The second kappa shape index (κ2) is 4.94. The molecular weight excluding hydrogens is 220 g/mol. The molecule has 1 saturated carbocycles. The van der Waals surface area contributed by atoms with Crippen LogP contribution in [0.4, 0.5) is 0 Å². The van der Waals surface area contributed by atoms with E-state index in [0.29, 0.717) is 13.0 Å². The van der Waals surface area contributed by atoms with E-state index >= 15 is 0 Å². The Bertz CT molecular complexity index is 349. The molecule has 1 aliphatic carbocycles. The summed E-state index contributed by atoms with van der Waals surface area (Å²) < 4.78 is 0. The van der Waals surface area contributed by atoms with Crippen LogP contribution in [-0.4, -0.2) is 29.7 Å². The molecule has 0 saturated heterocycles. The second-order valence-corrected chi connectivity index (χ2v) is 5.60. The standard InChI is InChI=1S/C11H20N4O2/c1-8-6-10(2,3)7-11(8,9(16)17)13-4-5-14-15-12/h8,13H,4-7H2,1-3H3,(H,16,17). The van der Waals surface area contributed by atoms with Crippen molar-refractivity contribution >= 4 is 5.97 Å². The van der Waals surface area contributed by atoms with Gasteiger partial charge in [0.1, 0.15) is 5.54 Å². The van der Waals surface area contributed by atoms with Gasteiger partial charge in [0.05, 0.1) is 0 Å².